The Bertz CT molecular complexity index is 958. The van der Waals surface area contributed by atoms with Gasteiger partial charge in [-0.1, -0.05) is 0 Å². The molecule has 0 unspecified atom stereocenters. The number of anilines is 3. The number of nitrogens with one attached hydrogen (secondary N) is 2. The van der Waals surface area contributed by atoms with E-state index in [-0.39, 0.29) is 28.0 Å². The number of nitro benzene ring substituents is 1. The number of H-pyrrole nitrogens is 1. The molecule has 0 aliphatic carbocycles. The predicted molar refractivity (Wildman–Crippen MR) is 113 cm³/mol. The fourth-order valence-corrected chi connectivity index (χ4v) is 4.29. The van der Waals surface area contributed by atoms with E-state index in [0.29, 0.717) is 17.4 Å². The van der Waals surface area contributed by atoms with Crippen LogP contribution in [0.5, 0.6) is 0 Å². The summed E-state index contributed by atoms with van der Waals surface area (Å²) in [5, 5.41) is 14.7. The highest BCUT2D eigenvalue weighted by Gasteiger charge is 2.32. The van der Waals surface area contributed by atoms with Crippen molar-refractivity contribution >= 4 is 22.9 Å². The Labute approximate surface area is 174 Å². The van der Waals surface area contributed by atoms with E-state index in [2.05, 4.69) is 32.0 Å². The average Bonchev–Trinajstić information content (AvgIpc) is 2.76. The maximum Gasteiger partial charge on any atom is 0.294 e. The SMILES string of the molecule is C[C@H]1CN(C2CCOCC2)CCN1c1ccc(Nc2ncc[nH]c2=O)cc1[N+](=O)[O-]. The molecule has 30 heavy (non-hydrogen) atoms. The summed E-state index contributed by atoms with van der Waals surface area (Å²) in [6, 6.07) is 5.63. The van der Waals surface area contributed by atoms with Crippen LogP contribution in [0, 0.1) is 10.1 Å². The minimum Gasteiger partial charge on any atom is -0.381 e. The van der Waals surface area contributed by atoms with Crippen molar-refractivity contribution < 1.29 is 9.66 Å². The zero-order valence-electron chi connectivity index (χ0n) is 16.9. The highest BCUT2D eigenvalue weighted by Crippen LogP contribution is 2.34. The van der Waals surface area contributed by atoms with Gasteiger partial charge in [0.15, 0.2) is 5.82 Å². The first-order valence-corrected chi connectivity index (χ1v) is 10.2. The van der Waals surface area contributed by atoms with Crippen molar-refractivity contribution in [3.63, 3.8) is 0 Å². The van der Waals surface area contributed by atoms with Crippen LogP contribution in [0.4, 0.5) is 22.9 Å². The van der Waals surface area contributed by atoms with E-state index in [0.717, 1.165) is 45.7 Å². The van der Waals surface area contributed by atoms with Crippen LogP contribution >= 0.6 is 0 Å². The molecule has 1 aromatic carbocycles. The van der Waals surface area contributed by atoms with Gasteiger partial charge >= 0.3 is 0 Å². The number of nitrogens with zero attached hydrogens (tertiary/aromatic N) is 4. The molecule has 0 radical (unpaired) electrons. The summed E-state index contributed by atoms with van der Waals surface area (Å²) in [6.45, 7) is 6.18. The Morgan fingerprint density at radius 3 is 2.80 bits per heavy atom. The van der Waals surface area contributed by atoms with Gasteiger partial charge in [-0.25, -0.2) is 4.98 Å². The number of hydrogen-bond acceptors (Lipinski definition) is 8. The van der Waals surface area contributed by atoms with Crippen LogP contribution in [0.25, 0.3) is 0 Å². The zero-order valence-corrected chi connectivity index (χ0v) is 16.9. The Hall–Kier alpha value is -2.98. The minimum atomic E-state index is -0.387. The van der Waals surface area contributed by atoms with E-state index < -0.39 is 0 Å². The van der Waals surface area contributed by atoms with Crippen molar-refractivity contribution in [3.05, 3.63) is 51.1 Å². The van der Waals surface area contributed by atoms with Crippen LogP contribution in [0.1, 0.15) is 19.8 Å². The highest BCUT2D eigenvalue weighted by atomic mass is 16.6. The molecule has 3 heterocycles. The first-order valence-electron chi connectivity index (χ1n) is 10.2. The molecule has 2 aliphatic rings. The third-order valence-corrected chi connectivity index (χ3v) is 5.82. The molecule has 10 heteroatoms. The summed E-state index contributed by atoms with van der Waals surface area (Å²) >= 11 is 0. The molecule has 0 amide bonds. The third-order valence-electron chi connectivity index (χ3n) is 5.82. The molecule has 2 aliphatic heterocycles. The number of aromatic amines is 1. The predicted octanol–water partition coefficient (Wildman–Crippen LogP) is 2.11. The molecule has 10 nitrogen and oxygen atoms in total. The Morgan fingerprint density at radius 1 is 1.30 bits per heavy atom. The summed E-state index contributed by atoms with van der Waals surface area (Å²) in [5.74, 6) is 0.0954. The van der Waals surface area contributed by atoms with Gasteiger partial charge in [-0.15, -0.1) is 0 Å². The summed E-state index contributed by atoms with van der Waals surface area (Å²) in [5.41, 5.74) is 0.670. The molecular weight excluding hydrogens is 388 g/mol. The van der Waals surface area contributed by atoms with E-state index in [1.165, 1.54) is 18.5 Å². The van der Waals surface area contributed by atoms with Crippen LogP contribution in [-0.2, 0) is 4.74 Å². The molecule has 160 valence electrons. The van der Waals surface area contributed by atoms with Crippen molar-refractivity contribution in [1.29, 1.82) is 0 Å². The van der Waals surface area contributed by atoms with Gasteiger partial charge in [0.05, 0.1) is 4.92 Å². The smallest absolute Gasteiger partial charge is 0.294 e. The standard InChI is InChI=1S/C20H26N6O4/c1-14-13-24(16-4-10-30-11-5-16)8-9-25(14)17-3-2-15(12-18(17)26(28)29)23-19-20(27)22-7-6-21-19/h2-3,6-7,12,14,16H,4-5,8-11,13H2,1H3,(H,21,23)(H,22,27)/t14-/m0/s1. The number of benzene rings is 1. The fraction of sp³-hybridized carbons (Fsp3) is 0.500. The van der Waals surface area contributed by atoms with Crippen molar-refractivity contribution in [3.8, 4) is 0 Å². The number of nitro groups is 1. The molecule has 0 bridgehead atoms. The van der Waals surface area contributed by atoms with Gasteiger partial charge in [-0.05, 0) is 31.9 Å². The van der Waals surface area contributed by atoms with Crippen molar-refractivity contribution in [2.75, 3.05) is 43.1 Å². The van der Waals surface area contributed by atoms with Gasteiger partial charge in [0.2, 0.25) is 0 Å². The van der Waals surface area contributed by atoms with E-state index in [4.69, 9.17) is 4.74 Å². The highest BCUT2D eigenvalue weighted by molar-refractivity contribution is 5.71. The number of rotatable bonds is 5. The van der Waals surface area contributed by atoms with E-state index in [1.54, 1.807) is 12.1 Å². The number of piperazine rings is 1. The van der Waals surface area contributed by atoms with Crippen LogP contribution in [0.15, 0.2) is 35.4 Å². The molecular formula is C20H26N6O4. The quantitative estimate of drug-likeness (QED) is 0.564. The van der Waals surface area contributed by atoms with Gasteiger partial charge < -0.3 is 19.9 Å². The lowest BCUT2D eigenvalue weighted by atomic mass is 10.0. The van der Waals surface area contributed by atoms with Crippen molar-refractivity contribution in [2.45, 2.75) is 31.8 Å². The molecule has 4 rings (SSSR count). The Kier molecular flexibility index (Phi) is 5.96. The van der Waals surface area contributed by atoms with E-state index in [1.807, 2.05) is 0 Å². The maximum absolute atomic E-state index is 11.8. The first kappa shape index (κ1) is 20.3. The maximum atomic E-state index is 11.8. The molecule has 2 aromatic rings. The topological polar surface area (TPSA) is 117 Å². The molecule has 2 N–H and O–H groups in total. The van der Waals surface area contributed by atoms with Crippen LogP contribution in [0.2, 0.25) is 0 Å². The molecule has 1 atom stereocenters. The molecule has 2 saturated heterocycles. The lowest BCUT2D eigenvalue weighted by Gasteiger charge is -2.45. The van der Waals surface area contributed by atoms with Gasteiger partial charge in [0.25, 0.3) is 11.2 Å². The third kappa shape index (κ3) is 4.29. The lowest BCUT2D eigenvalue weighted by molar-refractivity contribution is -0.384. The van der Waals surface area contributed by atoms with Crippen LogP contribution in [-0.4, -0.2) is 64.7 Å². The second kappa shape index (κ2) is 8.80. The summed E-state index contributed by atoms with van der Waals surface area (Å²) < 4.78 is 5.47. The van der Waals surface area contributed by atoms with Gasteiger partial charge in [0, 0.05) is 69.1 Å². The molecule has 0 spiro atoms. The number of hydrogen-bond donors (Lipinski definition) is 2. The number of aromatic nitrogens is 2. The minimum absolute atomic E-state index is 0.0127. The average molecular weight is 414 g/mol. The molecule has 1 aromatic heterocycles. The number of ether oxygens (including phenoxy) is 1. The van der Waals surface area contributed by atoms with Crippen LogP contribution < -0.4 is 15.8 Å². The summed E-state index contributed by atoms with van der Waals surface area (Å²) in [6.07, 6.45) is 4.96. The van der Waals surface area contributed by atoms with Gasteiger partial charge in [-0.3, -0.25) is 19.8 Å². The molecule has 0 saturated carbocycles. The normalized spacial score (nSPS) is 20.8. The van der Waals surface area contributed by atoms with Gasteiger partial charge in [-0.2, -0.15) is 0 Å². The fourth-order valence-electron chi connectivity index (χ4n) is 4.29. The second-order valence-corrected chi connectivity index (χ2v) is 7.73. The largest absolute Gasteiger partial charge is 0.381 e. The van der Waals surface area contributed by atoms with Crippen molar-refractivity contribution in [2.24, 2.45) is 0 Å². The summed E-state index contributed by atoms with van der Waals surface area (Å²) in [7, 11) is 0. The Morgan fingerprint density at radius 2 is 2.10 bits per heavy atom. The molecule has 2 fully saturated rings. The second-order valence-electron chi connectivity index (χ2n) is 7.73. The Balaban J connectivity index is 1.53. The zero-order chi connectivity index (χ0) is 21.1. The van der Waals surface area contributed by atoms with E-state index >= 15 is 0 Å². The summed E-state index contributed by atoms with van der Waals surface area (Å²) in [4.78, 5) is 34.3. The monoisotopic (exact) mass is 414 g/mol. The van der Waals surface area contributed by atoms with Gasteiger partial charge in [0.1, 0.15) is 5.69 Å². The van der Waals surface area contributed by atoms with Crippen LogP contribution in [0.3, 0.4) is 0 Å². The van der Waals surface area contributed by atoms with E-state index in [9.17, 15) is 14.9 Å². The first-order chi connectivity index (χ1) is 14.5. The lowest BCUT2D eigenvalue weighted by Crippen LogP contribution is -2.56. The van der Waals surface area contributed by atoms with Crippen molar-refractivity contribution in [1.82, 2.24) is 14.9 Å².